The van der Waals surface area contributed by atoms with Crippen LogP contribution in [-0.4, -0.2) is 49.9 Å². The molecule has 0 aliphatic carbocycles. The molecule has 1 aromatic rings. The van der Waals surface area contributed by atoms with Crippen LogP contribution in [-0.2, 0) is 16.1 Å². The summed E-state index contributed by atoms with van der Waals surface area (Å²) < 4.78 is 10.6. The lowest BCUT2D eigenvalue weighted by atomic mass is 10.3. The minimum absolute atomic E-state index is 0.338. The number of nitrogens with zero attached hydrogens (tertiary/aromatic N) is 3. The van der Waals surface area contributed by atoms with Gasteiger partial charge in [0.25, 0.3) is 0 Å². The molecule has 114 valence electrons. The topological polar surface area (TPSA) is 59.5 Å². The molecule has 0 saturated carbocycles. The van der Waals surface area contributed by atoms with Gasteiger partial charge >= 0.3 is 0 Å². The fourth-order valence-electron chi connectivity index (χ4n) is 1.84. The van der Waals surface area contributed by atoms with Crippen molar-refractivity contribution in [3.05, 3.63) is 11.9 Å². The minimum Gasteiger partial charge on any atom is -0.383 e. The van der Waals surface area contributed by atoms with E-state index in [2.05, 4.69) is 34.0 Å². The third-order valence-corrected chi connectivity index (χ3v) is 2.90. The van der Waals surface area contributed by atoms with Gasteiger partial charge in [0.2, 0.25) is 0 Å². The number of hydrogen-bond donors (Lipinski definition) is 1. The molecular formula is C14H26N4O2. The number of hydrogen-bond acceptors (Lipinski definition) is 6. The summed E-state index contributed by atoms with van der Waals surface area (Å²) in [5.74, 6) is 2.38. The number of rotatable bonds is 9. The maximum atomic E-state index is 5.40. The number of nitrogens with one attached hydrogen (secondary N) is 1. The quantitative estimate of drug-likeness (QED) is 0.746. The highest BCUT2D eigenvalue weighted by molar-refractivity contribution is 5.49. The molecule has 0 fully saturated rings. The van der Waals surface area contributed by atoms with E-state index in [9.17, 15) is 0 Å². The third kappa shape index (κ3) is 4.94. The summed E-state index contributed by atoms with van der Waals surface area (Å²) in [6, 6.07) is 2.29. The number of anilines is 2. The molecule has 0 saturated heterocycles. The lowest BCUT2D eigenvalue weighted by molar-refractivity contribution is 0.128. The Morgan fingerprint density at radius 3 is 2.65 bits per heavy atom. The zero-order valence-electron chi connectivity index (χ0n) is 13.1. The van der Waals surface area contributed by atoms with Crippen molar-refractivity contribution < 1.29 is 9.47 Å². The second-order valence-corrected chi connectivity index (χ2v) is 4.69. The van der Waals surface area contributed by atoms with Gasteiger partial charge in [0.1, 0.15) is 18.2 Å². The Kier molecular flexibility index (Phi) is 7.25. The molecule has 0 aliphatic rings. The summed E-state index contributed by atoms with van der Waals surface area (Å²) in [6.07, 6.45) is 0. The zero-order chi connectivity index (χ0) is 15.0. The van der Waals surface area contributed by atoms with Crippen molar-refractivity contribution in [2.75, 3.05) is 44.1 Å². The molecule has 20 heavy (non-hydrogen) atoms. The first-order valence-electron chi connectivity index (χ1n) is 7.01. The van der Waals surface area contributed by atoms with Gasteiger partial charge in [-0.05, 0) is 20.8 Å². The SMILES string of the molecule is CCOCc1nc(NC)cc(N(CCOC)C(C)C)n1. The first-order valence-corrected chi connectivity index (χ1v) is 7.01. The van der Waals surface area contributed by atoms with E-state index in [1.54, 1.807) is 7.11 Å². The smallest absolute Gasteiger partial charge is 0.158 e. The summed E-state index contributed by atoms with van der Waals surface area (Å²) in [5.41, 5.74) is 0. The van der Waals surface area contributed by atoms with Gasteiger partial charge in [0.05, 0.1) is 6.61 Å². The van der Waals surface area contributed by atoms with Crippen molar-refractivity contribution in [2.24, 2.45) is 0 Å². The van der Waals surface area contributed by atoms with Crippen molar-refractivity contribution in [2.45, 2.75) is 33.4 Å². The molecule has 1 rings (SSSR count). The highest BCUT2D eigenvalue weighted by atomic mass is 16.5. The van der Waals surface area contributed by atoms with Crippen LogP contribution in [0, 0.1) is 0 Å². The van der Waals surface area contributed by atoms with E-state index in [0.29, 0.717) is 31.7 Å². The van der Waals surface area contributed by atoms with E-state index in [1.165, 1.54) is 0 Å². The van der Waals surface area contributed by atoms with Crippen LogP contribution in [0.5, 0.6) is 0 Å². The standard InChI is InChI=1S/C14H26N4O2/c1-6-20-10-13-16-12(15-4)9-14(17-13)18(11(2)3)7-8-19-5/h9,11H,6-8,10H2,1-5H3,(H,15,16,17). The lowest BCUT2D eigenvalue weighted by Crippen LogP contribution is -2.34. The summed E-state index contributed by atoms with van der Waals surface area (Å²) in [6.45, 7) is 8.77. The number of methoxy groups -OCH3 is 1. The Morgan fingerprint density at radius 1 is 1.35 bits per heavy atom. The van der Waals surface area contributed by atoms with Crippen molar-refractivity contribution in [1.29, 1.82) is 0 Å². The van der Waals surface area contributed by atoms with E-state index in [1.807, 2.05) is 20.0 Å². The van der Waals surface area contributed by atoms with Crippen LogP contribution in [0.3, 0.4) is 0 Å². The largest absolute Gasteiger partial charge is 0.383 e. The molecule has 0 unspecified atom stereocenters. The molecule has 6 heteroatoms. The van der Waals surface area contributed by atoms with Crippen LogP contribution >= 0.6 is 0 Å². The van der Waals surface area contributed by atoms with Crippen LogP contribution in [0.1, 0.15) is 26.6 Å². The zero-order valence-corrected chi connectivity index (χ0v) is 13.1. The van der Waals surface area contributed by atoms with Crippen LogP contribution in [0.2, 0.25) is 0 Å². The molecule has 0 spiro atoms. The molecule has 0 aromatic carbocycles. The maximum absolute atomic E-state index is 5.40. The van der Waals surface area contributed by atoms with Crippen molar-refractivity contribution in [3.63, 3.8) is 0 Å². The van der Waals surface area contributed by atoms with Crippen molar-refractivity contribution in [3.8, 4) is 0 Å². The Morgan fingerprint density at radius 2 is 2.10 bits per heavy atom. The first kappa shape index (κ1) is 16.7. The van der Waals surface area contributed by atoms with Crippen LogP contribution in [0.15, 0.2) is 6.07 Å². The van der Waals surface area contributed by atoms with Gasteiger partial charge in [0.15, 0.2) is 5.82 Å². The average molecular weight is 282 g/mol. The van der Waals surface area contributed by atoms with Crippen molar-refractivity contribution >= 4 is 11.6 Å². The molecule has 0 amide bonds. The predicted molar refractivity (Wildman–Crippen MR) is 81.3 cm³/mol. The molecule has 1 N–H and O–H groups in total. The molecule has 0 atom stereocenters. The lowest BCUT2D eigenvalue weighted by Gasteiger charge is -2.28. The second-order valence-electron chi connectivity index (χ2n) is 4.69. The molecule has 0 aliphatic heterocycles. The Hall–Kier alpha value is -1.40. The van der Waals surface area contributed by atoms with Gasteiger partial charge < -0.3 is 19.7 Å². The molecular weight excluding hydrogens is 256 g/mol. The van der Waals surface area contributed by atoms with Gasteiger partial charge in [-0.2, -0.15) is 0 Å². The van der Waals surface area contributed by atoms with Gasteiger partial charge in [-0.3, -0.25) is 0 Å². The third-order valence-electron chi connectivity index (χ3n) is 2.90. The van der Waals surface area contributed by atoms with Gasteiger partial charge in [-0.15, -0.1) is 0 Å². The molecule has 0 radical (unpaired) electrons. The van der Waals surface area contributed by atoms with Crippen LogP contribution in [0.4, 0.5) is 11.6 Å². The van der Waals surface area contributed by atoms with Gasteiger partial charge in [-0.1, -0.05) is 0 Å². The first-order chi connectivity index (χ1) is 9.62. The molecule has 0 bridgehead atoms. The van der Waals surface area contributed by atoms with Gasteiger partial charge in [-0.25, -0.2) is 9.97 Å². The predicted octanol–water partition coefficient (Wildman–Crippen LogP) is 1.92. The highest BCUT2D eigenvalue weighted by Crippen LogP contribution is 2.18. The van der Waals surface area contributed by atoms with E-state index >= 15 is 0 Å². The van der Waals surface area contributed by atoms with Crippen molar-refractivity contribution in [1.82, 2.24) is 9.97 Å². The van der Waals surface area contributed by atoms with E-state index in [0.717, 1.165) is 18.2 Å². The Balaban J connectivity index is 2.99. The normalized spacial score (nSPS) is 10.9. The monoisotopic (exact) mass is 282 g/mol. The number of ether oxygens (including phenoxy) is 2. The van der Waals surface area contributed by atoms with Crippen LogP contribution in [0.25, 0.3) is 0 Å². The van der Waals surface area contributed by atoms with E-state index < -0.39 is 0 Å². The fourth-order valence-corrected chi connectivity index (χ4v) is 1.84. The van der Waals surface area contributed by atoms with Gasteiger partial charge in [0, 0.05) is 39.4 Å². The second kappa shape index (κ2) is 8.71. The fraction of sp³-hybridized carbons (Fsp3) is 0.714. The molecule has 1 aromatic heterocycles. The maximum Gasteiger partial charge on any atom is 0.158 e. The summed E-state index contributed by atoms with van der Waals surface area (Å²) >= 11 is 0. The minimum atomic E-state index is 0.338. The van der Waals surface area contributed by atoms with E-state index in [4.69, 9.17) is 9.47 Å². The summed E-state index contributed by atoms with van der Waals surface area (Å²) in [7, 11) is 3.56. The highest BCUT2D eigenvalue weighted by Gasteiger charge is 2.14. The van der Waals surface area contributed by atoms with E-state index in [-0.39, 0.29) is 0 Å². The summed E-state index contributed by atoms with van der Waals surface area (Å²) in [4.78, 5) is 11.2. The molecule has 6 nitrogen and oxygen atoms in total. The van der Waals surface area contributed by atoms with Crippen LogP contribution < -0.4 is 10.2 Å². The average Bonchev–Trinajstić information content (AvgIpc) is 2.45. The Labute approximate surface area is 121 Å². The number of aromatic nitrogens is 2. The molecule has 1 heterocycles. The Bertz CT molecular complexity index is 399. The summed E-state index contributed by atoms with van der Waals surface area (Å²) in [5, 5.41) is 3.07.